The molecule has 0 unspecified atom stereocenters. The fraction of sp³-hybridized carbons (Fsp3) is 0.143. The van der Waals surface area contributed by atoms with Crippen LogP contribution in [0.4, 0.5) is 13.2 Å². The second-order valence-electron chi connectivity index (χ2n) is 4.59. The molecule has 0 saturated carbocycles. The van der Waals surface area contributed by atoms with E-state index in [9.17, 15) is 13.2 Å². The van der Waals surface area contributed by atoms with Crippen LogP contribution in [-0.2, 0) is 13.2 Å². The summed E-state index contributed by atoms with van der Waals surface area (Å²) in [6.45, 7) is 0. The van der Waals surface area contributed by atoms with Crippen molar-refractivity contribution in [2.75, 3.05) is 0 Å². The zero-order chi connectivity index (χ0) is 15.2. The highest BCUT2D eigenvalue weighted by molar-refractivity contribution is 6.28. The number of hydrogen-bond donors (Lipinski definition) is 0. The summed E-state index contributed by atoms with van der Waals surface area (Å²) in [4.78, 5) is 7.89. The minimum atomic E-state index is -4.36. The minimum absolute atomic E-state index is 0.0939. The summed E-state index contributed by atoms with van der Waals surface area (Å²) in [6, 6.07) is 5.30. The van der Waals surface area contributed by atoms with Crippen LogP contribution < -0.4 is 0 Å². The van der Waals surface area contributed by atoms with E-state index in [2.05, 4.69) is 9.97 Å². The number of benzene rings is 1. The summed E-state index contributed by atoms with van der Waals surface area (Å²) in [7, 11) is 1.69. The van der Waals surface area contributed by atoms with Crippen LogP contribution in [-0.4, -0.2) is 14.5 Å². The van der Waals surface area contributed by atoms with Crippen molar-refractivity contribution in [2.45, 2.75) is 6.18 Å². The van der Waals surface area contributed by atoms with Crippen LogP contribution in [0, 0.1) is 0 Å². The molecule has 0 radical (unpaired) electrons. The summed E-state index contributed by atoms with van der Waals surface area (Å²) < 4.78 is 40.0. The molecule has 7 heteroatoms. The number of alkyl halides is 3. The normalized spacial score (nSPS) is 12.0. The summed E-state index contributed by atoms with van der Waals surface area (Å²) >= 11 is 5.76. The Morgan fingerprint density at radius 1 is 1.19 bits per heavy atom. The molecule has 3 aromatic rings. The van der Waals surface area contributed by atoms with Gasteiger partial charge in [0.1, 0.15) is 0 Å². The van der Waals surface area contributed by atoms with Crippen LogP contribution >= 0.6 is 11.6 Å². The first-order chi connectivity index (χ1) is 9.86. The van der Waals surface area contributed by atoms with Crippen LogP contribution in [0.2, 0.25) is 5.28 Å². The summed E-state index contributed by atoms with van der Waals surface area (Å²) in [5, 5.41) is 0.775. The molecule has 0 fully saturated rings. The second-order valence-corrected chi connectivity index (χ2v) is 4.93. The van der Waals surface area contributed by atoms with Crippen molar-refractivity contribution in [3.8, 4) is 11.3 Å². The molecule has 0 aliphatic heterocycles. The highest BCUT2D eigenvalue weighted by Gasteiger charge is 2.31. The van der Waals surface area contributed by atoms with Gasteiger partial charge in [0, 0.05) is 35.9 Å². The lowest BCUT2D eigenvalue weighted by Crippen LogP contribution is -2.04. The summed E-state index contributed by atoms with van der Waals surface area (Å²) in [5.41, 5.74) is 1.09. The molecule has 0 saturated heterocycles. The highest BCUT2D eigenvalue weighted by Crippen LogP contribution is 2.35. The van der Waals surface area contributed by atoms with Crippen LogP contribution in [0.15, 0.2) is 36.7 Å². The van der Waals surface area contributed by atoms with Gasteiger partial charge in [-0.25, -0.2) is 9.97 Å². The van der Waals surface area contributed by atoms with Crippen molar-refractivity contribution in [1.82, 2.24) is 14.5 Å². The lowest BCUT2D eigenvalue weighted by molar-refractivity contribution is -0.137. The first-order valence-electron chi connectivity index (χ1n) is 6.01. The summed E-state index contributed by atoms with van der Waals surface area (Å²) in [6.07, 6.45) is -1.13. The maximum absolute atomic E-state index is 12.8. The van der Waals surface area contributed by atoms with Gasteiger partial charge >= 0.3 is 6.18 Å². The molecule has 21 heavy (non-hydrogen) atoms. The molecule has 3 rings (SSSR count). The van der Waals surface area contributed by atoms with Crippen molar-refractivity contribution >= 4 is 22.5 Å². The van der Waals surface area contributed by atoms with Crippen LogP contribution in [0.5, 0.6) is 0 Å². The molecular weight excluding hydrogens is 303 g/mol. The fourth-order valence-corrected chi connectivity index (χ4v) is 2.40. The van der Waals surface area contributed by atoms with E-state index in [1.807, 2.05) is 0 Å². The van der Waals surface area contributed by atoms with Gasteiger partial charge in [0.2, 0.25) is 5.28 Å². The minimum Gasteiger partial charge on any atom is -0.350 e. The predicted molar refractivity (Wildman–Crippen MR) is 74.0 cm³/mol. The molecule has 0 spiro atoms. The molecule has 0 N–H and O–H groups in total. The molecule has 0 amide bonds. The largest absolute Gasteiger partial charge is 0.416 e. The third-order valence-corrected chi connectivity index (χ3v) is 3.40. The lowest BCUT2D eigenvalue weighted by atomic mass is 10.1. The summed E-state index contributed by atoms with van der Waals surface area (Å²) in [5.74, 6) is 0. The van der Waals surface area contributed by atoms with Crippen molar-refractivity contribution in [2.24, 2.45) is 7.05 Å². The van der Waals surface area contributed by atoms with E-state index in [0.717, 1.165) is 12.1 Å². The van der Waals surface area contributed by atoms with E-state index in [0.29, 0.717) is 22.2 Å². The standard InChI is InChI=1S/C14H9ClF3N3/c1-21-7-10(11-4-5-19-13(15)20-11)9-3-2-8(6-12(9)21)14(16,17)18/h2-7H,1H3. The van der Waals surface area contributed by atoms with Gasteiger partial charge in [-0.05, 0) is 29.8 Å². The van der Waals surface area contributed by atoms with Gasteiger partial charge in [0.05, 0.1) is 11.3 Å². The molecular formula is C14H9ClF3N3. The second kappa shape index (κ2) is 4.73. The number of rotatable bonds is 1. The Morgan fingerprint density at radius 3 is 2.62 bits per heavy atom. The van der Waals surface area contributed by atoms with E-state index in [-0.39, 0.29) is 5.28 Å². The quantitative estimate of drug-likeness (QED) is 0.627. The van der Waals surface area contributed by atoms with Gasteiger partial charge in [0.25, 0.3) is 0 Å². The van der Waals surface area contributed by atoms with Gasteiger partial charge in [-0.1, -0.05) is 6.07 Å². The Hall–Kier alpha value is -2.08. The van der Waals surface area contributed by atoms with Crippen LogP contribution in [0.1, 0.15) is 5.56 Å². The molecule has 0 aliphatic carbocycles. The van der Waals surface area contributed by atoms with Crippen molar-refractivity contribution in [3.63, 3.8) is 0 Å². The third-order valence-electron chi connectivity index (χ3n) is 3.22. The molecule has 3 nitrogen and oxygen atoms in total. The zero-order valence-corrected chi connectivity index (χ0v) is 11.6. The third kappa shape index (κ3) is 2.47. The molecule has 0 aliphatic rings. The van der Waals surface area contributed by atoms with E-state index in [4.69, 9.17) is 11.6 Å². The molecule has 0 bridgehead atoms. The predicted octanol–water partition coefficient (Wildman–Crippen LogP) is 4.31. The Morgan fingerprint density at radius 2 is 1.95 bits per heavy atom. The Bertz CT molecular complexity index is 824. The zero-order valence-electron chi connectivity index (χ0n) is 10.8. The van der Waals surface area contributed by atoms with Gasteiger partial charge in [0.15, 0.2) is 0 Å². The number of hydrogen-bond acceptors (Lipinski definition) is 2. The smallest absolute Gasteiger partial charge is 0.350 e. The fourth-order valence-electron chi connectivity index (χ4n) is 2.25. The monoisotopic (exact) mass is 311 g/mol. The average molecular weight is 312 g/mol. The lowest BCUT2D eigenvalue weighted by Gasteiger charge is -2.07. The van der Waals surface area contributed by atoms with Gasteiger partial charge in [-0.2, -0.15) is 13.2 Å². The Kier molecular flexibility index (Phi) is 3.13. The van der Waals surface area contributed by atoms with Crippen LogP contribution in [0.3, 0.4) is 0 Å². The van der Waals surface area contributed by atoms with Gasteiger partial charge in [-0.3, -0.25) is 0 Å². The van der Waals surface area contributed by atoms with Gasteiger partial charge in [-0.15, -0.1) is 0 Å². The van der Waals surface area contributed by atoms with Crippen molar-refractivity contribution in [1.29, 1.82) is 0 Å². The molecule has 2 heterocycles. The first-order valence-corrected chi connectivity index (χ1v) is 6.39. The van der Waals surface area contributed by atoms with Crippen LogP contribution in [0.25, 0.3) is 22.2 Å². The Balaban J connectivity index is 2.23. The number of fused-ring (bicyclic) bond motifs is 1. The number of aryl methyl sites for hydroxylation is 1. The molecule has 108 valence electrons. The topological polar surface area (TPSA) is 30.7 Å². The number of aromatic nitrogens is 3. The van der Waals surface area contributed by atoms with E-state index in [1.165, 1.54) is 12.3 Å². The van der Waals surface area contributed by atoms with E-state index < -0.39 is 11.7 Å². The average Bonchev–Trinajstić information content (AvgIpc) is 2.75. The number of halogens is 4. The highest BCUT2D eigenvalue weighted by atomic mass is 35.5. The molecule has 0 atom stereocenters. The molecule has 2 aromatic heterocycles. The SMILES string of the molecule is Cn1cc(-c2ccnc(Cl)n2)c2ccc(C(F)(F)F)cc21. The number of nitrogens with zero attached hydrogens (tertiary/aromatic N) is 3. The van der Waals surface area contributed by atoms with Crippen molar-refractivity contribution in [3.05, 3.63) is 47.5 Å². The van der Waals surface area contributed by atoms with E-state index >= 15 is 0 Å². The first kappa shape index (κ1) is 13.9. The maximum Gasteiger partial charge on any atom is 0.416 e. The van der Waals surface area contributed by atoms with E-state index in [1.54, 1.807) is 23.9 Å². The molecule has 1 aromatic carbocycles. The van der Waals surface area contributed by atoms with Crippen molar-refractivity contribution < 1.29 is 13.2 Å². The maximum atomic E-state index is 12.8. The van der Waals surface area contributed by atoms with Gasteiger partial charge < -0.3 is 4.57 Å². The Labute approximate surface area is 123 Å².